The van der Waals surface area contributed by atoms with Gasteiger partial charge in [-0.3, -0.25) is 0 Å². The van der Waals surface area contributed by atoms with Crippen molar-refractivity contribution in [2.75, 3.05) is 33.4 Å². The van der Waals surface area contributed by atoms with Crippen molar-refractivity contribution in [3.05, 3.63) is 0 Å². The van der Waals surface area contributed by atoms with E-state index >= 15 is 0 Å². The van der Waals surface area contributed by atoms with Gasteiger partial charge in [0.05, 0.1) is 12.7 Å². The van der Waals surface area contributed by atoms with E-state index in [0.717, 1.165) is 6.61 Å². The molecule has 1 aliphatic heterocycles. The van der Waals surface area contributed by atoms with Crippen molar-refractivity contribution in [2.24, 2.45) is 5.92 Å². The van der Waals surface area contributed by atoms with Crippen LogP contribution in [0.25, 0.3) is 0 Å². The number of carbonyl (C=O) groups excluding carboxylic acids is 1. The highest BCUT2D eigenvalue weighted by Gasteiger charge is 2.39. The Bertz CT molecular complexity index is 359. The summed E-state index contributed by atoms with van der Waals surface area (Å²) >= 11 is 0. The Morgan fingerprint density at radius 2 is 2.15 bits per heavy atom. The number of urea groups is 1. The fourth-order valence-electron chi connectivity index (χ4n) is 2.29. The van der Waals surface area contributed by atoms with Crippen LogP contribution in [-0.4, -0.2) is 67.6 Å². The van der Waals surface area contributed by atoms with Crippen LogP contribution in [0.4, 0.5) is 4.79 Å². The molecule has 2 amide bonds. The summed E-state index contributed by atoms with van der Waals surface area (Å²) in [7, 11) is 1.52. The number of ether oxygens (including phenoxy) is 2. The largest absolute Gasteiger partial charge is 0.480 e. The first kappa shape index (κ1) is 15.1. The van der Waals surface area contributed by atoms with E-state index in [-0.39, 0.29) is 12.1 Å². The molecule has 7 nitrogen and oxygen atoms in total. The van der Waals surface area contributed by atoms with E-state index in [1.54, 1.807) is 0 Å². The molecule has 0 aromatic rings. The minimum absolute atomic E-state index is 0.215. The van der Waals surface area contributed by atoms with Crippen LogP contribution >= 0.6 is 0 Å². The van der Waals surface area contributed by atoms with Gasteiger partial charge >= 0.3 is 12.0 Å². The van der Waals surface area contributed by atoms with Crippen molar-refractivity contribution < 1.29 is 24.2 Å². The number of carboxylic acid groups (broad SMARTS) is 1. The number of carbonyl (C=O) groups is 2. The smallest absolute Gasteiger partial charge is 0.326 e. The zero-order chi connectivity index (χ0) is 14.5. The Balaban J connectivity index is 1.70. The molecule has 0 aromatic carbocycles. The predicted octanol–water partition coefficient (Wildman–Crippen LogP) is 0.297. The van der Waals surface area contributed by atoms with Crippen molar-refractivity contribution in [1.82, 2.24) is 10.2 Å². The quantitative estimate of drug-likeness (QED) is 0.657. The molecule has 7 heteroatoms. The lowest BCUT2D eigenvalue weighted by atomic mass is 10.2. The number of hydrogen-bond acceptors (Lipinski definition) is 4. The van der Waals surface area contributed by atoms with Gasteiger partial charge in [-0.1, -0.05) is 0 Å². The van der Waals surface area contributed by atoms with Gasteiger partial charge < -0.3 is 24.8 Å². The van der Waals surface area contributed by atoms with Crippen LogP contribution in [0, 0.1) is 5.92 Å². The SMILES string of the molecule is COC1CC(C(=O)O)N(C(=O)NCCOCC2CC2)C1. The normalized spacial score (nSPS) is 25.8. The number of nitrogens with zero attached hydrogens (tertiary/aromatic N) is 1. The van der Waals surface area contributed by atoms with E-state index in [1.165, 1.54) is 24.9 Å². The Labute approximate surface area is 118 Å². The second-order valence-corrected chi connectivity index (χ2v) is 5.35. The highest BCUT2D eigenvalue weighted by molar-refractivity contribution is 5.83. The summed E-state index contributed by atoms with van der Waals surface area (Å²) in [4.78, 5) is 24.4. The average Bonchev–Trinajstić information content (AvgIpc) is 3.14. The summed E-state index contributed by atoms with van der Waals surface area (Å²) < 4.78 is 10.6. The summed E-state index contributed by atoms with van der Waals surface area (Å²) in [5.74, 6) is -0.298. The number of likely N-dealkylation sites (tertiary alicyclic amines) is 1. The minimum atomic E-state index is -0.996. The molecule has 0 spiro atoms. The van der Waals surface area contributed by atoms with Crippen LogP contribution < -0.4 is 5.32 Å². The van der Waals surface area contributed by atoms with Gasteiger partial charge in [0.25, 0.3) is 0 Å². The van der Waals surface area contributed by atoms with E-state index in [9.17, 15) is 9.59 Å². The summed E-state index contributed by atoms with van der Waals surface area (Å²) in [6.45, 7) is 1.92. The number of aliphatic carboxylic acids is 1. The molecule has 1 saturated heterocycles. The monoisotopic (exact) mass is 286 g/mol. The zero-order valence-electron chi connectivity index (χ0n) is 11.7. The maximum Gasteiger partial charge on any atom is 0.326 e. The van der Waals surface area contributed by atoms with E-state index < -0.39 is 12.0 Å². The van der Waals surface area contributed by atoms with E-state index in [2.05, 4.69) is 5.32 Å². The van der Waals surface area contributed by atoms with Gasteiger partial charge in [0.1, 0.15) is 6.04 Å². The lowest BCUT2D eigenvalue weighted by Crippen LogP contribution is -2.47. The van der Waals surface area contributed by atoms with Gasteiger partial charge in [-0.2, -0.15) is 0 Å². The number of hydrogen-bond donors (Lipinski definition) is 2. The molecule has 2 atom stereocenters. The average molecular weight is 286 g/mol. The molecule has 114 valence electrons. The summed E-state index contributed by atoms with van der Waals surface area (Å²) in [6.07, 6.45) is 2.59. The molecular weight excluding hydrogens is 264 g/mol. The topological polar surface area (TPSA) is 88.1 Å². The Morgan fingerprint density at radius 1 is 1.40 bits per heavy atom. The lowest BCUT2D eigenvalue weighted by Gasteiger charge is -2.21. The van der Waals surface area contributed by atoms with E-state index in [0.29, 0.717) is 32.0 Å². The third kappa shape index (κ3) is 4.08. The minimum Gasteiger partial charge on any atom is -0.480 e. The fourth-order valence-corrected chi connectivity index (χ4v) is 2.29. The molecule has 2 unspecified atom stereocenters. The highest BCUT2D eigenvalue weighted by Crippen LogP contribution is 2.28. The van der Waals surface area contributed by atoms with Crippen LogP contribution in [0.3, 0.4) is 0 Å². The van der Waals surface area contributed by atoms with Crippen LogP contribution in [0.1, 0.15) is 19.3 Å². The van der Waals surface area contributed by atoms with Gasteiger partial charge in [-0.05, 0) is 18.8 Å². The number of rotatable bonds is 7. The summed E-state index contributed by atoms with van der Waals surface area (Å²) in [5, 5.41) is 11.8. The second kappa shape index (κ2) is 6.90. The fraction of sp³-hybridized carbons (Fsp3) is 0.846. The van der Waals surface area contributed by atoms with Gasteiger partial charge in [-0.25, -0.2) is 9.59 Å². The van der Waals surface area contributed by atoms with Gasteiger partial charge in [0, 0.05) is 33.2 Å². The third-order valence-electron chi connectivity index (χ3n) is 3.72. The van der Waals surface area contributed by atoms with E-state index in [4.69, 9.17) is 14.6 Å². The summed E-state index contributed by atoms with van der Waals surface area (Å²) in [5.41, 5.74) is 0. The third-order valence-corrected chi connectivity index (χ3v) is 3.72. The first-order valence-electron chi connectivity index (χ1n) is 6.99. The summed E-state index contributed by atoms with van der Waals surface area (Å²) in [6, 6.07) is -1.18. The maximum absolute atomic E-state index is 12.0. The zero-order valence-corrected chi connectivity index (χ0v) is 11.7. The standard InChI is InChI=1S/C13H22N2O5/c1-19-10-6-11(12(16)17)15(7-10)13(18)14-4-5-20-8-9-2-3-9/h9-11H,2-8H2,1H3,(H,14,18)(H,16,17). The molecule has 2 rings (SSSR count). The Morgan fingerprint density at radius 3 is 2.75 bits per heavy atom. The maximum atomic E-state index is 12.0. The number of amides is 2. The van der Waals surface area contributed by atoms with Gasteiger partial charge in [0.2, 0.25) is 0 Å². The Hall–Kier alpha value is -1.34. The van der Waals surface area contributed by atoms with Crippen LogP contribution in [0.5, 0.6) is 0 Å². The highest BCUT2D eigenvalue weighted by atomic mass is 16.5. The number of carboxylic acids is 1. The molecule has 0 radical (unpaired) electrons. The number of nitrogens with one attached hydrogen (secondary N) is 1. The molecule has 2 aliphatic rings. The van der Waals surface area contributed by atoms with Crippen molar-refractivity contribution in [2.45, 2.75) is 31.4 Å². The first-order valence-corrected chi connectivity index (χ1v) is 6.99. The van der Waals surface area contributed by atoms with Crippen LogP contribution in [-0.2, 0) is 14.3 Å². The Kier molecular flexibility index (Phi) is 5.19. The number of methoxy groups -OCH3 is 1. The lowest BCUT2D eigenvalue weighted by molar-refractivity contribution is -0.141. The van der Waals surface area contributed by atoms with Crippen molar-refractivity contribution in [3.63, 3.8) is 0 Å². The van der Waals surface area contributed by atoms with Crippen molar-refractivity contribution >= 4 is 12.0 Å². The van der Waals surface area contributed by atoms with Crippen molar-refractivity contribution in [3.8, 4) is 0 Å². The van der Waals surface area contributed by atoms with Crippen molar-refractivity contribution in [1.29, 1.82) is 0 Å². The molecule has 1 heterocycles. The molecule has 2 fully saturated rings. The van der Waals surface area contributed by atoms with Gasteiger partial charge in [-0.15, -0.1) is 0 Å². The van der Waals surface area contributed by atoms with E-state index in [1.807, 2.05) is 0 Å². The predicted molar refractivity (Wildman–Crippen MR) is 70.5 cm³/mol. The second-order valence-electron chi connectivity index (χ2n) is 5.35. The molecule has 2 N–H and O–H groups in total. The molecule has 20 heavy (non-hydrogen) atoms. The molecular formula is C13H22N2O5. The van der Waals surface area contributed by atoms with Crippen LogP contribution in [0.15, 0.2) is 0 Å². The molecule has 0 bridgehead atoms. The first-order chi connectivity index (χ1) is 9.61. The van der Waals surface area contributed by atoms with Gasteiger partial charge in [0.15, 0.2) is 0 Å². The van der Waals surface area contributed by atoms with Crippen LogP contribution in [0.2, 0.25) is 0 Å². The molecule has 0 aromatic heterocycles. The molecule has 1 saturated carbocycles. The molecule has 1 aliphatic carbocycles.